The van der Waals surface area contributed by atoms with Crippen LogP contribution in [0.1, 0.15) is 18.9 Å². The van der Waals surface area contributed by atoms with Crippen LogP contribution in [0.3, 0.4) is 0 Å². The molecule has 1 aliphatic heterocycles. The predicted molar refractivity (Wildman–Crippen MR) is 135 cm³/mol. The number of halogens is 2. The summed E-state index contributed by atoms with van der Waals surface area (Å²) in [6, 6.07) is 8.02. The Morgan fingerprint density at radius 3 is 2.87 bits per heavy atom. The maximum atomic E-state index is 6.30. The van der Waals surface area contributed by atoms with Crippen LogP contribution in [0.5, 0.6) is 0 Å². The zero-order chi connectivity index (χ0) is 20.8. The summed E-state index contributed by atoms with van der Waals surface area (Å²) in [4.78, 5) is 19.9. The van der Waals surface area contributed by atoms with E-state index in [-0.39, 0.29) is 30.0 Å². The lowest BCUT2D eigenvalue weighted by molar-refractivity contribution is 0.648. The molecule has 0 spiro atoms. The van der Waals surface area contributed by atoms with Gasteiger partial charge in [0.25, 0.3) is 0 Å². The minimum absolute atomic E-state index is 0. The molecule has 8 nitrogen and oxygen atoms in total. The minimum Gasteiger partial charge on any atom is -0.357 e. The Hall–Kier alpha value is -2.40. The van der Waals surface area contributed by atoms with Gasteiger partial charge in [-0.2, -0.15) is 0 Å². The first-order chi connectivity index (χ1) is 14.7. The van der Waals surface area contributed by atoms with Crippen LogP contribution >= 0.6 is 35.6 Å². The number of nitrogens with one attached hydrogen (secondary N) is 2. The van der Waals surface area contributed by atoms with E-state index in [1.54, 1.807) is 18.7 Å². The standard InChI is InChI=1S/C21H25ClN8.HI/c1-2-24-21(27-13-16-5-6-19(26-12-16)30-11-9-23-15-30)28-17-7-10-29(14-17)20-18(22)4-3-8-25-20;/h3-6,8-9,11-12,15,17H,2,7,10,13-14H2,1H3,(H2,24,27,28);1H. The van der Waals surface area contributed by atoms with E-state index in [1.165, 1.54) is 0 Å². The molecule has 1 unspecified atom stereocenters. The van der Waals surface area contributed by atoms with Gasteiger partial charge in [-0.15, -0.1) is 24.0 Å². The monoisotopic (exact) mass is 552 g/mol. The van der Waals surface area contributed by atoms with E-state index in [9.17, 15) is 0 Å². The highest BCUT2D eigenvalue weighted by atomic mass is 127. The maximum Gasteiger partial charge on any atom is 0.191 e. The van der Waals surface area contributed by atoms with Crippen molar-refractivity contribution in [3.8, 4) is 5.82 Å². The SMILES string of the molecule is CCNC(=NCc1ccc(-n2ccnc2)nc1)NC1CCN(c2ncccc2Cl)C1.I. The number of anilines is 1. The molecule has 10 heteroatoms. The number of rotatable bonds is 6. The summed E-state index contributed by atoms with van der Waals surface area (Å²) in [5, 5.41) is 7.54. The van der Waals surface area contributed by atoms with E-state index in [2.05, 4.69) is 37.4 Å². The van der Waals surface area contributed by atoms with Gasteiger partial charge < -0.3 is 15.5 Å². The van der Waals surface area contributed by atoms with Gasteiger partial charge in [-0.3, -0.25) is 4.57 Å². The molecule has 1 saturated heterocycles. The van der Waals surface area contributed by atoms with E-state index in [0.29, 0.717) is 11.6 Å². The molecular formula is C21H26ClIN8. The molecule has 3 aromatic rings. The Balaban J connectivity index is 0.00000272. The highest BCUT2D eigenvalue weighted by Gasteiger charge is 2.25. The number of hydrogen-bond acceptors (Lipinski definition) is 5. The van der Waals surface area contributed by atoms with Crippen molar-refractivity contribution in [2.45, 2.75) is 25.9 Å². The van der Waals surface area contributed by atoms with Crippen molar-refractivity contribution in [2.75, 3.05) is 24.5 Å². The molecule has 2 N–H and O–H groups in total. The van der Waals surface area contributed by atoms with Crippen molar-refractivity contribution in [1.29, 1.82) is 0 Å². The lowest BCUT2D eigenvalue weighted by Crippen LogP contribution is -2.44. The van der Waals surface area contributed by atoms with Crippen LogP contribution in [0.4, 0.5) is 5.82 Å². The van der Waals surface area contributed by atoms with E-state index < -0.39 is 0 Å². The number of nitrogens with zero attached hydrogens (tertiary/aromatic N) is 6. The average molecular weight is 553 g/mol. The summed E-state index contributed by atoms with van der Waals surface area (Å²) in [5.74, 6) is 2.48. The third-order valence-corrected chi connectivity index (χ3v) is 5.20. The Labute approximate surface area is 204 Å². The molecule has 31 heavy (non-hydrogen) atoms. The van der Waals surface area contributed by atoms with Gasteiger partial charge in [-0.1, -0.05) is 17.7 Å². The Morgan fingerprint density at radius 1 is 1.26 bits per heavy atom. The molecule has 1 atom stereocenters. The van der Waals surface area contributed by atoms with Gasteiger partial charge in [-0.25, -0.2) is 19.9 Å². The number of aliphatic imine (C=N–C) groups is 1. The minimum atomic E-state index is 0. The summed E-state index contributed by atoms with van der Waals surface area (Å²) in [6.45, 7) is 5.16. The zero-order valence-electron chi connectivity index (χ0n) is 17.3. The molecule has 4 rings (SSSR count). The lowest BCUT2D eigenvalue weighted by atomic mass is 10.2. The van der Waals surface area contributed by atoms with Crippen LogP contribution in [0.15, 0.2) is 60.4 Å². The van der Waals surface area contributed by atoms with Crippen LogP contribution in [0.2, 0.25) is 5.02 Å². The lowest BCUT2D eigenvalue weighted by Gasteiger charge is -2.20. The molecule has 3 aromatic heterocycles. The third kappa shape index (κ3) is 6.07. The number of hydrogen-bond donors (Lipinski definition) is 2. The second-order valence-electron chi connectivity index (χ2n) is 7.07. The quantitative estimate of drug-likeness (QED) is 0.278. The van der Waals surface area contributed by atoms with Crippen LogP contribution in [0, 0.1) is 0 Å². The smallest absolute Gasteiger partial charge is 0.191 e. The van der Waals surface area contributed by atoms with Crippen molar-refractivity contribution in [3.63, 3.8) is 0 Å². The van der Waals surface area contributed by atoms with E-state index in [4.69, 9.17) is 16.6 Å². The predicted octanol–water partition coefficient (Wildman–Crippen LogP) is 3.27. The van der Waals surface area contributed by atoms with Gasteiger partial charge in [0.2, 0.25) is 0 Å². The molecule has 0 bridgehead atoms. The van der Waals surface area contributed by atoms with Gasteiger partial charge in [0.1, 0.15) is 18.0 Å². The number of guanidine groups is 1. The summed E-state index contributed by atoms with van der Waals surface area (Å²) in [5.41, 5.74) is 1.05. The molecule has 0 aliphatic carbocycles. The Bertz CT molecular complexity index is 977. The first-order valence-electron chi connectivity index (χ1n) is 10.1. The second kappa shape index (κ2) is 11.3. The van der Waals surface area contributed by atoms with Gasteiger partial charge in [-0.05, 0) is 37.1 Å². The van der Waals surface area contributed by atoms with Gasteiger partial charge in [0.15, 0.2) is 5.96 Å². The number of pyridine rings is 2. The van der Waals surface area contributed by atoms with Crippen molar-refractivity contribution in [3.05, 3.63) is 66.0 Å². The highest BCUT2D eigenvalue weighted by molar-refractivity contribution is 14.0. The topological polar surface area (TPSA) is 83.3 Å². The molecule has 1 aliphatic rings. The van der Waals surface area contributed by atoms with E-state index in [0.717, 1.165) is 49.2 Å². The van der Waals surface area contributed by atoms with Crippen molar-refractivity contribution in [1.82, 2.24) is 30.2 Å². The van der Waals surface area contributed by atoms with Crippen molar-refractivity contribution in [2.24, 2.45) is 4.99 Å². The zero-order valence-corrected chi connectivity index (χ0v) is 20.4. The fourth-order valence-corrected chi connectivity index (χ4v) is 3.66. The average Bonchev–Trinajstić information content (AvgIpc) is 3.45. The molecule has 1 fully saturated rings. The molecule has 164 valence electrons. The Kier molecular flexibility index (Phi) is 8.47. The normalized spacial score (nSPS) is 16.1. The fourth-order valence-electron chi connectivity index (χ4n) is 3.42. The van der Waals surface area contributed by atoms with Gasteiger partial charge in [0, 0.05) is 50.5 Å². The van der Waals surface area contributed by atoms with Crippen LogP contribution in [-0.4, -0.2) is 51.2 Å². The first-order valence-corrected chi connectivity index (χ1v) is 10.4. The van der Waals surface area contributed by atoms with Crippen molar-refractivity contribution >= 4 is 47.4 Å². The van der Waals surface area contributed by atoms with Gasteiger partial charge >= 0.3 is 0 Å². The molecular weight excluding hydrogens is 527 g/mol. The molecule has 0 saturated carbocycles. The van der Waals surface area contributed by atoms with E-state index >= 15 is 0 Å². The largest absolute Gasteiger partial charge is 0.357 e. The Morgan fingerprint density at radius 2 is 2.16 bits per heavy atom. The summed E-state index contributed by atoms with van der Waals surface area (Å²) < 4.78 is 1.87. The summed E-state index contributed by atoms with van der Waals surface area (Å²) >= 11 is 6.30. The van der Waals surface area contributed by atoms with E-state index in [1.807, 2.05) is 41.2 Å². The van der Waals surface area contributed by atoms with Crippen LogP contribution < -0.4 is 15.5 Å². The third-order valence-electron chi connectivity index (χ3n) is 4.91. The van der Waals surface area contributed by atoms with Crippen LogP contribution in [-0.2, 0) is 6.54 Å². The summed E-state index contributed by atoms with van der Waals surface area (Å²) in [6.07, 6.45) is 9.97. The maximum absolute atomic E-state index is 6.30. The second-order valence-corrected chi connectivity index (χ2v) is 7.48. The number of imidazole rings is 1. The molecule has 0 radical (unpaired) electrons. The van der Waals surface area contributed by atoms with Gasteiger partial charge in [0.05, 0.1) is 11.6 Å². The summed E-state index contributed by atoms with van der Waals surface area (Å²) in [7, 11) is 0. The number of aromatic nitrogens is 4. The molecule has 4 heterocycles. The first kappa shape index (κ1) is 23.3. The highest BCUT2D eigenvalue weighted by Crippen LogP contribution is 2.25. The molecule has 0 aromatic carbocycles. The molecule has 0 amide bonds. The fraction of sp³-hybridized carbons (Fsp3) is 0.333. The van der Waals surface area contributed by atoms with Crippen molar-refractivity contribution < 1.29 is 0 Å². The van der Waals surface area contributed by atoms with Crippen LogP contribution in [0.25, 0.3) is 5.82 Å².